The van der Waals surface area contributed by atoms with E-state index in [1.807, 2.05) is 11.6 Å². The van der Waals surface area contributed by atoms with Crippen LogP contribution in [0.4, 0.5) is 0 Å². The predicted molar refractivity (Wildman–Crippen MR) is 104 cm³/mol. The molecule has 2 aromatic rings. The van der Waals surface area contributed by atoms with Crippen LogP contribution in [0.15, 0.2) is 24.3 Å². The van der Waals surface area contributed by atoms with Gasteiger partial charge in [-0.05, 0) is 38.1 Å². The van der Waals surface area contributed by atoms with Crippen molar-refractivity contribution in [1.29, 1.82) is 0 Å². The van der Waals surface area contributed by atoms with Gasteiger partial charge in [0, 0.05) is 18.7 Å². The Labute approximate surface area is 165 Å². The highest BCUT2D eigenvalue weighted by atomic mass is 16.5. The number of aromatic nitrogens is 2. The van der Waals surface area contributed by atoms with Crippen molar-refractivity contribution in [2.45, 2.75) is 32.9 Å². The summed E-state index contributed by atoms with van der Waals surface area (Å²) >= 11 is 0. The maximum absolute atomic E-state index is 11.6. The summed E-state index contributed by atoms with van der Waals surface area (Å²) in [4.78, 5) is 11.6. The number of rotatable bonds is 11. The fourth-order valence-electron chi connectivity index (χ4n) is 2.88. The number of carbonyl (C=O) groups excluding carboxylic acids is 1. The SMILES string of the molecule is COC(=O)c1ccc(OC[C@@H](O)C[NH2+]CCCn2nc(C)cc2C)c(OC)c1. The number of methoxy groups -OCH3 is 2. The van der Waals surface area contributed by atoms with Crippen molar-refractivity contribution < 1.29 is 29.4 Å². The first-order valence-corrected chi connectivity index (χ1v) is 9.34. The van der Waals surface area contributed by atoms with Crippen molar-refractivity contribution in [3.05, 3.63) is 41.2 Å². The molecule has 0 aliphatic rings. The van der Waals surface area contributed by atoms with Crippen LogP contribution in [0.25, 0.3) is 0 Å². The lowest BCUT2D eigenvalue weighted by atomic mass is 10.2. The molecule has 3 N–H and O–H groups in total. The van der Waals surface area contributed by atoms with Crippen LogP contribution in [-0.4, -0.2) is 60.9 Å². The lowest BCUT2D eigenvalue weighted by Gasteiger charge is -2.14. The number of aliphatic hydroxyl groups excluding tert-OH is 1. The van der Waals surface area contributed by atoms with Crippen LogP contribution in [0.1, 0.15) is 28.2 Å². The molecule has 0 aliphatic heterocycles. The van der Waals surface area contributed by atoms with E-state index in [4.69, 9.17) is 9.47 Å². The molecule has 0 amide bonds. The lowest BCUT2D eigenvalue weighted by molar-refractivity contribution is -0.661. The second-order valence-electron chi connectivity index (χ2n) is 6.64. The molecule has 8 heteroatoms. The molecule has 0 bridgehead atoms. The van der Waals surface area contributed by atoms with Crippen molar-refractivity contribution in [2.75, 3.05) is 33.9 Å². The molecule has 0 saturated carbocycles. The van der Waals surface area contributed by atoms with Gasteiger partial charge in [0.1, 0.15) is 19.3 Å². The fraction of sp³-hybridized carbons (Fsp3) is 0.500. The summed E-state index contributed by atoms with van der Waals surface area (Å²) in [7, 11) is 2.82. The van der Waals surface area contributed by atoms with Crippen LogP contribution < -0.4 is 14.8 Å². The second kappa shape index (κ2) is 10.7. The summed E-state index contributed by atoms with van der Waals surface area (Å²) in [5.74, 6) is 0.447. The van der Waals surface area contributed by atoms with E-state index in [0.29, 0.717) is 23.6 Å². The lowest BCUT2D eigenvalue weighted by Crippen LogP contribution is -2.86. The number of hydrogen-bond donors (Lipinski definition) is 2. The Morgan fingerprint density at radius 3 is 2.68 bits per heavy atom. The number of carbonyl (C=O) groups is 1. The second-order valence-corrected chi connectivity index (χ2v) is 6.64. The Hall–Kier alpha value is -2.58. The van der Waals surface area contributed by atoms with E-state index in [1.54, 1.807) is 18.2 Å². The first kappa shape index (κ1) is 21.7. The summed E-state index contributed by atoms with van der Waals surface area (Å²) < 4.78 is 17.6. The van der Waals surface area contributed by atoms with Crippen molar-refractivity contribution >= 4 is 5.97 Å². The highest BCUT2D eigenvalue weighted by Crippen LogP contribution is 2.28. The maximum Gasteiger partial charge on any atom is 0.337 e. The van der Waals surface area contributed by atoms with Gasteiger partial charge in [-0.15, -0.1) is 0 Å². The van der Waals surface area contributed by atoms with Crippen molar-refractivity contribution in [2.24, 2.45) is 0 Å². The molecule has 8 nitrogen and oxygen atoms in total. The summed E-state index contributed by atoms with van der Waals surface area (Å²) in [5, 5.41) is 16.6. The van der Waals surface area contributed by atoms with Crippen molar-refractivity contribution in [3.8, 4) is 11.5 Å². The highest BCUT2D eigenvalue weighted by Gasteiger charge is 2.13. The number of benzene rings is 1. The number of quaternary nitrogens is 1. The Kier molecular flexibility index (Phi) is 8.28. The Morgan fingerprint density at radius 2 is 2.04 bits per heavy atom. The average Bonchev–Trinajstić information content (AvgIpc) is 3.02. The molecule has 0 aliphatic carbocycles. The zero-order valence-electron chi connectivity index (χ0n) is 17.0. The molecular weight excluding hydrogens is 362 g/mol. The molecule has 154 valence electrons. The fourth-order valence-corrected chi connectivity index (χ4v) is 2.88. The molecule has 1 heterocycles. The monoisotopic (exact) mass is 392 g/mol. The standard InChI is InChI=1S/C20H29N3O5/c1-14-10-15(2)23(22-14)9-5-8-21-12-17(24)13-28-18-7-6-16(20(25)27-4)11-19(18)26-3/h6-7,10-11,17,21,24H,5,8-9,12-13H2,1-4H3/p+1/t17-/m0/s1. The Morgan fingerprint density at radius 1 is 1.25 bits per heavy atom. The maximum atomic E-state index is 11.6. The van der Waals surface area contributed by atoms with Crippen LogP contribution >= 0.6 is 0 Å². The van der Waals surface area contributed by atoms with Gasteiger partial charge in [-0.25, -0.2) is 4.79 Å². The zero-order valence-corrected chi connectivity index (χ0v) is 17.0. The van der Waals surface area contributed by atoms with Crippen LogP contribution in [0, 0.1) is 13.8 Å². The summed E-state index contributed by atoms with van der Waals surface area (Å²) in [5.41, 5.74) is 2.57. The minimum atomic E-state index is -0.612. The molecular formula is C20H30N3O5+. The molecule has 0 radical (unpaired) electrons. The quantitative estimate of drug-likeness (QED) is 0.431. The molecule has 0 saturated heterocycles. The molecule has 1 atom stereocenters. The molecule has 0 fully saturated rings. The number of aliphatic hydroxyl groups is 1. The summed E-state index contributed by atoms with van der Waals surface area (Å²) in [6, 6.07) is 6.85. The number of aryl methyl sites for hydroxylation is 3. The first-order chi connectivity index (χ1) is 13.4. The summed E-state index contributed by atoms with van der Waals surface area (Å²) in [6.45, 7) is 6.49. The minimum Gasteiger partial charge on any atom is -0.493 e. The number of ether oxygens (including phenoxy) is 3. The van der Waals surface area contributed by atoms with Gasteiger partial charge < -0.3 is 24.6 Å². The first-order valence-electron chi connectivity index (χ1n) is 9.34. The third kappa shape index (κ3) is 6.24. The molecule has 1 aromatic heterocycles. The molecule has 0 spiro atoms. The molecule has 2 rings (SSSR count). The number of nitrogens with zero attached hydrogens (tertiary/aromatic N) is 2. The largest absolute Gasteiger partial charge is 0.493 e. The minimum absolute atomic E-state index is 0.141. The third-order valence-electron chi connectivity index (χ3n) is 4.34. The van der Waals surface area contributed by atoms with Gasteiger partial charge in [0.25, 0.3) is 0 Å². The van der Waals surface area contributed by atoms with Crippen LogP contribution in [0.2, 0.25) is 0 Å². The van der Waals surface area contributed by atoms with E-state index < -0.39 is 12.1 Å². The van der Waals surface area contributed by atoms with Gasteiger partial charge >= 0.3 is 5.97 Å². The topological polar surface area (TPSA) is 99.4 Å². The molecule has 0 unspecified atom stereocenters. The molecule has 1 aromatic carbocycles. The number of hydrogen-bond acceptors (Lipinski definition) is 6. The average molecular weight is 392 g/mol. The van der Waals surface area contributed by atoms with Gasteiger partial charge in [-0.2, -0.15) is 5.10 Å². The summed E-state index contributed by atoms with van der Waals surface area (Å²) in [6.07, 6.45) is 0.358. The van der Waals surface area contributed by atoms with Gasteiger partial charge in [0.15, 0.2) is 11.5 Å². The Balaban J connectivity index is 1.71. The van der Waals surface area contributed by atoms with Gasteiger partial charge in [-0.3, -0.25) is 4.68 Å². The highest BCUT2D eigenvalue weighted by molar-refractivity contribution is 5.90. The van der Waals surface area contributed by atoms with E-state index >= 15 is 0 Å². The van der Waals surface area contributed by atoms with Crippen LogP contribution in [0.5, 0.6) is 11.5 Å². The van der Waals surface area contributed by atoms with E-state index in [1.165, 1.54) is 14.2 Å². The van der Waals surface area contributed by atoms with Crippen LogP contribution in [0.3, 0.4) is 0 Å². The van der Waals surface area contributed by atoms with Crippen molar-refractivity contribution in [3.63, 3.8) is 0 Å². The molecule has 28 heavy (non-hydrogen) atoms. The van der Waals surface area contributed by atoms with E-state index in [2.05, 4.69) is 28.1 Å². The number of esters is 1. The van der Waals surface area contributed by atoms with E-state index in [9.17, 15) is 9.90 Å². The van der Waals surface area contributed by atoms with E-state index in [0.717, 1.165) is 30.9 Å². The van der Waals surface area contributed by atoms with Crippen molar-refractivity contribution in [1.82, 2.24) is 9.78 Å². The third-order valence-corrected chi connectivity index (χ3v) is 4.34. The van der Waals surface area contributed by atoms with Gasteiger partial charge in [0.2, 0.25) is 0 Å². The number of nitrogens with two attached hydrogens (primary N) is 1. The smallest absolute Gasteiger partial charge is 0.337 e. The van der Waals surface area contributed by atoms with E-state index in [-0.39, 0.29) is 6.61 Å². The predicted octanol–water partition coefficient (Wildman–Crippen LogP) is 0.689. The Bertz CT molecular complexity index is 775. The normalized spacial score (nSPS) is 11.9. The zero-order chi connectivity index (χ0) is 20.5. The van der Waals surface area contributed by atoms with Gasteiger partial charge in [-0.1, -0.05) is 0 Å². The van der Waals surface area contributed by atoms with Gasteiger partial charge in [0.05, 0.1) is 32.0 Å². The van der Waals surface area contributed by atoms with Crippen LogP contribution in [-0.2, 0) is 11.3 Å².